The van der Waals surface area contributed by atoms with Crippen molar-refractivity contribution in [3.63, 3.8) is 0 Å². The van der Waals surface area contributed by atoms with Crippen LogP contribution in [0.15, 0.2) is 49.1 Å². The van der Waals surface area contributed by atoms with Crippen molar-refractivity contribution in [3.8, 4) is 28.2 Å². The SMILES string of the molecule is Cc1nn(-c2cccnc2)c(C)c1-c1cc(C23CCOCC2C3)nc2c(-c3ccnn3C3CCCCO3)cnn12. The van der Waals surface area contributed by atoms with Crippen molar-refractivity contribution in [2.24, 2.45) is 5.92 Å². The Bertz CT molecular complexity index is 1710. The fraction of sp³-hybridized carbons (Fsp3) is 0.433. The monoisotopic (exact) mass is 536 g/mol. The summed E-state index contributed by atoms with van der Waals surface area (Å²) >= 11 is 0. The topological polar surface area (TPSA) is 97.2 Å². The van der Waals surface area contributed by atoms with Gasteiger partial charge < -0.3 is 9.47 Å². The van der Waals surface area contributed by atoms with Crippen LogP contribution in [0.4, 0.5) is 0 Å². The Morgan fingerprint density at radius 1 is 1.02 bits per heavy atom. The number of pyridine rings is 1. The third-order valence-electron chi connectivity index (χ3n) is 9.04. The first-order chi connectivity index (χ1) is 19.6. The van der Waals surface area contributed by atoms with E-state index >= 15 is 0 Å². The highest BCUT2D eigenvalue weighted by Gasteiger charge is 2.58. The minimum Gasteiger partial charge on any atom is -0.381 e. The number of hydrogen-bond acceptors (Lipinski definition) is 7. The van der Waals surface area contributed by atoms with Gasteiger partial charge in [-0.15, -0.1) is 0 Å². The molecule has 7 heterocycles. The van der Waals surface area contributed by atoms with Crippen molar-refractivity contribution in [2.45, 2.75) is 57.6 Å². The lowest BCUT2D eigenvalue weighted by molar-refractivity contribution is -0.0383. The molecule has 3 unspecified atom stereocenters. The number of hydrogen-bond donors (Lipinski definition) is 0. The Morgan fingerprint density at radius 2 is 1.98 bits per heavy atom. The van der Waals surface area contributed by atoms with Gasteiger partial charge in [0, 0.05) is 36.6 Å². The molecule has 1 aliphatic carbocycles. The van der Waals surface area contributed by atoms with Gasteiger partial charge in [0.25, 0.3) is 0 Å². The summed E-state index contributed by atoms with van der Waals surface area (Å²) in [5, 5.41) is 14.5. The lowest BCUT2D eigenvalue weighted by Crippen LogP contribution is -2.23. The largest absolute Gasteiger partial charge is 0.381 e. The first-order valence-electron chi connectivity index (χ1n) is 14.2. The Morgan fingerprint density at radius 3 is 2.80 bits per heavy atom. The van der Waals surface area contributed by atoms with Crippen LogP contribution in [0.1, 0.15) is 55.4 Å². The average molecular weight is 537 g/mol. The van der Waals surface area contributed by atoms with Gasteiger partial charge >= 0.3 is 0 Å². The van der Waals surface area contributed by atoms with Gasteiger partial charge in [0.1, 0.15) is 0 Å². The highest BCUT2D eigenvalue weighted by Crippen LogP contribution is 2.58. The van der Waals surface area contributed by atoms with Gasteiger partial charge in [0.2, 0.25) is 0 Å². The second-order valence-electron chi connectivity index (χ2n) is 11.4. The molecule has 2 aliphatic heterocycles. The summed E-state index contributed by atoms with van der Waals surface area (Å²) in [4.78, 5) is 9.66. The Hall–Kier alpha value is -3.89. The summed E-state index contributed by atoms with van der Waals surface area (Å²) in [7, 11) is 0. The van der Waals surface area contributed by atoms with Crippen LogP contribution < -0.4 is 0 Å². The lowest BCUT2D eigenvalue weighted by Gasteiger charge is -2.24. The maximum atomic E-state index is 6.11. The van der Waals surface area contributed by atoms with Crippen molar-refractivity contribution in [1.29, 1.82) is 0 Å². The molecule has 0 amide bonds. The van der Waals surface area contributed by atoms with Gasteiger partial charge in [-0.05, 0) is 76.1 Å². The molecule has 0 spiro atoms. The van der Waals surface area contributed by atoms with Crippen LogP contribution in [0.3, 0.4) is 0 Å². The molecule has 204 valence electrons. The molecule has 2 saturated heterocycles. The number of rotatable bonds is 5. The highest BCUT2D eigenvalue weighted by molar-refractivity contribution is 5.79. The molecule has 5 aromatic heterocycles. The van der Waals surface area contributed by atoms with Gasteiger partial charge in [0.05, 0.1) is 58.7 Å². The van der Waals surface area contributed by atoms with Crippen LogP contribution in [0, 0.1) is 19.8 Å². The lowest BCUT2D eigenvalue weighted by atomic mass is 9.92. The molecule has 0 bridgehead atoms. The molecular weight excluding hydrogens is 504 g/mol. The van der Waals surface area contributed by atoms with E-state index in [2.05, 4.69) is 30.0 Å². The Balaban J connectivity index is 1.34. The molecule has 0 radical (unpaired) electrons. The second-order valence-corrected chi connectivity index (χ2v) is 11.4. The third-order valence-corrected chi connectivity index (χ3v) is 9.04. The Labute approximate surface area is 232 Å². The molecule has 3 fully saturated rings. The maximum Gasteiger partial charge on any atom is 0.165 e. The van der Waals surface area contributed by atoms with E-state index in [0.717, 1.165) is 103 Å². The van der Waals surface area contributed by atoms with E-state index in [1.165, 1.54) is 0 Å². The summed E-state index contributed by atoms with van der Waals surface area (Å²) in [6.45, 7) is 6.51. The van der Waals surface area contributed by atoms with Crippen LogP contribution in [-0.2, 0) is 14.9 Å². The minimum absolute atomic E-state index is 0.0597. The molecular formula is C30H32N8O2. The smallest absolute Gasteiger partial charge is 0.165 e. The van der Waals surface area contributed by atoms with Gasteiger partial charge in [-0.25, -0.2) is 18.9 Å². The van der Waals surface area contributed by atoms with E-state index in [9.17, 15) is 0 Å². The zero-order valence-corrected chi connectivity index (χ0v) is 22.8. The van der Waals surface area contributed by atoms with E-state index in [0.29, 0.717) is 5.92 Å². The number of nitrogens with zero attached hydrogens (tertiary/aromatic N) is 8. The van der Waals surface area contributed by atoms with Crippen molar-refractivity contribution >= 4 is 5.65 Å². The maximum absolute atomic E-state index is 6.11. The molecule has 3 atom stereocenters. The average Bonchev–Trinajstić information content (AvgIpc) is 3.23. The number of aromatic nitrogens is 8. The minimum atomic E-state index is -0.0690. The summed E-state index contributed by atoms with van der Waals surface area (Å²) in [6.07, 6.45) is 12.6. The van der Waals surface area contributed by atoms with Crippen LogP contribution in [-0.4, -0.2) is 59.0 Å². The van der Waals surface area contributed by atoms with Crippen molar-refractivity contribution in [1.82, 2.24) is 39.1 Å². The first kappa shape index (κ1) is 24.0. The second kappa shape index (κ2) is 9.07. The fourth-order valence-electron chi connectivity index (χ4n) is 6.82. The molecule has 10 heteroatoms. The zero-order valence-electron chi connectivity index (χ0n) is 22.8. The van der Waals surface area contributed by atoms with Gasteiger partial charge in [-0.3, -0.25) is 4.98 Å². The predicted molar refractivity (Wildman–Crippen MR) is 148 cm³/mol. The summed E-state index contributed by atoms with van der Waals surface area (Å²) in [5.74, 6) is 0.511. The summed E-state index contributed by atoms with van der Waals surface area (Å²) < 4.78 is 17.9. The molecule has 10 nitrogen and oxygen atoms in total. The molecule has 3 aliphatic rings. The van der Waals surface area contributed by atoms with Crippen molar-refractivity contribution in [2.75, 3.05) is 19.8 Å². The molecule has 8 rings (SSSR count). The number of ether oxygens (including phenoxy) is 2. The Kier molecular flexibility index (Phi) is 5.43. The first-order valence-corrected chi connectivity index (χ1v) is 14.2. The third kappa shape index (κ3) is 3.59. The normalized spacial score (nSPS) is 24.4. The molecule has 0 aromatic carbocycles. The predicted octanol–water partition coefficient (Wildman–Crippen LogP) is 4.83. The summed E-state index contributed by atoms with van der Waals surface area (Å²) in [5.41, 5.74) is 8.95. The van der Waals surface area contributed by atoms with E-state index in [1.54, 1.807) is 6.20 Å². The quantitative estimate of drug-likeness (QED) is 0.317. The summed E-state index contributed by atoms with van der Waals surface area (Å²) in [6, 6.07) is 8.26. The van der Waals surface area contributed by atoms with Crippen LogP contribution in [0.2, 0.25) is 0 Å². The van der Waals surface area contributed by atoms with Crippen LogP contribution in [0.5, 0.6) is 0 Å². The highest BCUT2D eigenvalue weighted by atomic mass is 16.5. The number of fused-ring (bicyclic) bond motifs is 2. The molecule has 1 saturated carbocycles. The van der Waals surface area contributed by atoms with E-state index in [4.69, 9.17) is 24.7 Å². The van der Waals surface area contributed by atoms with Crippen LogP contribution in [0.25, 0.3) is 33.8 Å². The molecule has 40 heavy (non-hydrogen) atoms. The van der Waals surface area contributed by atoms with E-state index < -0.39 is 0 Å². The van der Waals surface area contributed by atoms with Crippen molar-refractivity contribution < 1.29 is 9.47 Å². The van der Waals surface area contributed by atoms with Crippen LogP contribution >= 0.6 is 0 Å². The molecule has 0 N–H and O–H groups in total. The van der Waals surface area contributed by atoms with E-state index in [1.807, 2.05) is 50.7 Å². The fourth-order valence-corrected chi connectivity index (χ4v) is 6.82. The van der Waals surface area contributed by atoms with Gasteiger partial charge in [0.15, 0.2) is 11.9 Å². The zero-order chi connectivity index (χ0) is 26.8. The van der Waals surface area contributed by atoms with Gasteiger partial charge in [-0.1, -0.05) is 0 Å². The standard InChI is InChI=1S/C30H32N8O2/c1-19-28(20(2)36(35-19)22-6-5-10-31-16-22)25-14-26(30-9-13-39-18-21(30)15-30)34-29-23(17-33-38(25)29)24-8-11-32-37(24)27-7-3-4-12-40-27/h5-6,8,10-11,14,16-17,21,27H,3-4,7,9,12-13,15,18H2,1-2H3. The molecule has 5 aromatic rings. The number of aryl methyl sites for hydroxylation is 1. The van der Waals surface area contributed by atoms with E-state index in [-0.39, 0.29) is 11.6 Å². The van der Waals surface area contributed by atoms with Crippen molar-refractivity contribution in [3.05, 3.63) is 66.1 Å². The van der Waals surface area contributed by atoms with Gasteiger partial charge in [-0.2, -0.15) is 15.3 Å².